The molecule has 3 aromatic rings. The molecule has 2 heterocycles. The molecule has 2 N–H and O–H groups in total. The maximum Gasteiger partial charge on any atom is 0.234 e. The highest BCUT2D eigenvalue weighted by molar-refractivity contribution is 9.10. The summed E-state index contributed by atoms with van der Waals surface area (Å²) >= 11 is 4.95. The monoisotopic (exact) mass is 337 g/mol. The fourth-order valence-electron chi connectivity index (χ4n) is 1.77. The molecule has 0 saturated heterocycles. The molecule has 0 aliphatic heterocycles. The van der Waals surface area contributed by atoms with Crippen LogP contribution in [0.5, 0.6) is 0 Å². The summed E-state index contributed by atoms with van der Waals surface area (Å²) in [5.41, 5.74) is 7.53. The van der Waals surface area contributed by atoms with Gasteiger partial charge in [0.1, 0.15) is 5.01 Å². The van der Waals surface area contributed by atoms with Crippen LogP contribution in [-0.2, 0) is 0 Å². The lowest BCUT2D eigenvalue weighted by Gasteiger charge is -2.01. The standard InChI is InChI=1S/C12H12BrN5S/c1-6(2)10-15-16-12-18(10)17-11(19-12)7-3-4-9(14)8(13)5-7/h3-6H,14H2,1-2H3. The Hall–Kier alpha value is -1.47. The lowest BCUT2D eigenvalue weighted by Crippen LogP contribution is -1.97. The summed E-state index contributed by atoms with van der Waals surface area (Å²) in [6.07, 6.45) is 0. The lowest BCUT2D eigenvalue weighted by molar-refractivity contribution is 0.727. The van der Waals surface area contributed by atoms with Crippen molar-refractivity contribution in [1.29, 1.82) is 0 Å². The van der Waals surface area contributed by atoms with Crippen LogP contribution < -0.4 is 5.73 Å². The highest BCUT2D eigenvalue weighted by Crippen LogP contribution is 2.30. The van der Waals surface area contributed by atoms with Crippen LogP contribution in [0.25, 0.3) is 15.5 Å². The van der Waals surface area contributed by atoms with E-state index in [1.165, 1.54) is 11.3 Å². The maximum atomic E-state index is 5.79. The van der Waals surface area contributed by atoms with Gasteiger partial charge in [-0.05, 0) is 34.1 Å². The molecule has 7 heteroatoms. The van der Waals surface area contributed by atoms with Crippen molar-refractivity contribution in [2.45, 2.75) is 19.8 Å². The van der Waals surface area contributed by atoms with Gasteiger partial charge in [0, 0.05) is 21.6 Å². The fraction of sp³-hybridized carbons (Fsp3) is 0.250. The third kappa shape index (κ3) is 2.12. The molecule has 0 radical (unpaired) electrons. The van der Waals surface area contributed by atoms with Gasteiger partial charge < -0.3 is 5.73 Å². The number of hydrogen-bond acceptors (Lipinski definition) is 5. The van der Waals surface area contributed by atoms with E-state index in [-0.39, 0.29) is 0 Å². The van der Waals surface area contributed by atoms with E-state index in [1.807, 2.05) is 22.7 Å². The number of nitrogens with two attached hydrogens (primary N) is 1. The Morgan fingerprint density at radius 3 is 2.79 bits per heavy atom. The van der Waals surface area contributed by atoms with E-state index < -0.39 is 0 Å². The van der Waals surface area contributed by atoms with Gasteiger partial charge in [0.25, 0.3) is 0 Å². The zero-order chi connectivity index (χ0) is 13.6. The van der Waals surface area contributed by atoms with Gasteiger partial charge in [0.15, 0.2) is 5.82 Å². The number of benzene rings is 1. The summed E-state index contributed by atoms with van der Waals surface area (Å²) in [5.74, 6) is 1.18. The molecule has 2 aromatic heterocycles. The third-order valence-electron chi connectivity index (χ3n) is 2.78. The van der Waals surface area contributed by atoms with Crippen LogP contribution in [0.4, 0.5) is 5.69 Å². The summed E-state index contributed by atoms with van der Waals surface area (Å²) < 4.78 is 2.69. The van der Waals surface area contributed by atoms with Crippen LogP contribution in [-0.4, -0.2) is 19.8 Å². The van der Waals surface area contributed by atoms with Crippen LogP contribution in [0.2, 0.25) is 0 Å². The zero-order valence-corrected chi connectivity index (χ0v) is 12.9. The van der Waals surface area contributed by atoms with Crippen molar-refractivity contribution in [2.75, 3.05) is 5.73 Å². The average molecular weight is 338 g/mol. The summed E-state index contributed by atoms with van der Waals surface area (Å²) in [6, 6.07) is 5.79. The molecule has 98 valence electrons. The Morgan fingerprint density at radius 2 is 2.11 bits per heavy atom. The van der Waals surface area contributed by atoms with Crippen LogP contribution in [0.1, 0.15) is 25.6 Å². The largest absolute Gasteiger partial charge is 0.398 e. The molecule has 0 fully saturated rings. The molecule has 0 unspecified atom stereocenters. The Balaban J connectivity index is 2.12. The molecule has 3 rings (SSSR count). The summed E-state index contributed by atoms with van der Waals surface area (Å²) in [4.78, 5) is 0.812. The number of hydrogen-bond donors (Lipinski definition) is 1. The van der Waals surface area contributed by atoms with Gasteiger partial charge in [0.05, 0.1) is 0 Å². The smallest absolute Gasteiger partial charge is 0.234 e. The Bertz CT molecular complexity index is 746. The van der Waals surface area contributed by atoms with Gasteiger partial charge in [0.2, 0.25) is 4.96 Å². The predicted molar refractivity (Wildman–Crippen MR) is 80.3 cm³/mol. The topological polar surface area (TPSA) is 69.1 Å². The minimum Gasteiger partial charge on any atom is -0.398 e. The number of nitrogens with zero attached hydrogens (tertiary/aromatic N) is 4. The van der Waals surface area contributed by atoms with Crippen molar-refractivity contribution in [3.8, 4) is 10.6 Å². The first kappa shape index (κ1) is 12.6. The second-order valence-electron chi connectivity index (χ2n) is 4.55. The zero-order valence-electron chi connectivity index (χ0n) is 10.5. The molecule has 0 spiro atoms. The van der Waals surface area contributed by atoms with Crippen molar-refractivity contribution in [3.05, 3.63) is 28.5 Å². The minimum absolute atomic E-state index is 0.295. The van der Waals surface area contributed by atoms with Gasteiger partial charge in [-0.2, -0.15) is 9.61 Å². The molecule has 5 nitrogen and oxygen atoms in total. The molecular formula is C12H12BrN5S. The van der Waals surface area contributed by atoms with E-state index in [0.29, 0.717) is 5.92 Å². The molecule has 19 heavy (non-hydrogen) atoms. The van der Waals surface area contributed by atoms with Gasteiger partial charge in [-0.3, -0.25) is 0 Å². The van der Waals surface area contributed by atoms with Crippen molar-refractivity contribution < 1.29 is 0 Å². The summed E-state index contributed by atoms with van der Waals surface area (Å²) in [6.45, 7) is 4.16. The highest BCUT2D eigenvalue weighted by atomic mass is 79.9. The minimum atomic E-state index is 0.295. The Labute approximate surface area is 122 Å². The van der Waals surface area contributed by atoms with Gasteiger partial charge in [-0.15, -0.1) is 10.2 Å². The van der Waals surface area contributed by atoms with Crippen LogP contribution in [0, 0.1) is 0 Å². The first-order chi connectivity index (χ1) is 9.06. The maximum absolute atomic E-state index is 5.79. The summed E-state index contributed by atoms with van der Waals surface area (Å²) in [7, 11) is 0. The van der Waals surface area contributed by atoms with E-state index in [1.54, 1.807) is 0 Å². The number of anilines is 1. The third-order valence-corrected chi connectivity index (χ3v) is 4.41. The number of aromatic nitrogens is 4. The van der Waals surface area contributed by atoms with E-state index in [9.17, 15) is 0 Å². The Morgan fingerprint density at radius 1 is 1.32 bits per heavy atom. The first-order valence-electron chi connectivity index (χ1n) is 5.84. The fourth-order valence-corrected chi connectivity index (χ4v) is 2.99. The van der Waals surface area contributed by atoms with Gasteiger partial charge >= 0.3 is 0 Å². The first-order valence-corrected chi connectivity index (χ1v) is 7.44. The molecule has 1 aromatic carbocycles. The van der Waals surface area contributed by atoms with E-state index in [2.05, 4.69) is 45.1 Å². The molecule has 0 bridgehead atoms. The lowest BCUT2D eigenvalue weighted by atomic mass is 10.2. The van der Waals surface area contributed by atoms with Crippen molar-refractivity contribution in [2.24, 2.45) is 0 Å². The van der Waals surface area contributed by atoms with Crippen LogP contribution >= 0.6 is 27.3 Å². The van der Waals surface area contributed by atoms with Crippen LogP contribution in [0.15, 0.2) is 22.7 Å². The van der Waals surface area contributed by atoms with Crippen molar-refractivity contribution >= 4 is 37.9 Å². The number of nitrogen functional groups attached to an aromatic ring is 1. The van der Waals surface area contributed by atoms with Crippen LogP contribution in [0.3, 0.4) is 0 Å². The predicted octanol–water partition coefficient (Wildman–Crippen LogP) is 3.32. The second-order valence-corrected chi connectivity index (χ2v) is 6.36. The normalized spacial score (nSPS) is 11.6. The van der Waals surface area contributed by atoms with E-state index >= 15 is 0 Å². The molecule has 0 amide bonds. The van der Waals surface area contributed by atoms with Crippen molar-refractivity contribution in [3.63, 3.8) is 0 Å². The highest BCUT2D eigenvalue weighted by Gasteiger charge is 2.15. The average Bonchev–Trinajstić information content (AvgIpc) is 2.91. The molecule has 0 saturated carbocycles. The molecule has 0 aliphatic rings. The molecule has 0 atom stereocenters. The number of fused-ring (bicyclic) bond motifs is 1. The quantitative estimate of drug-likeness (QED) is 0.728. The number of rotatable bonds is 2. The van der Waals surface area contributed by atoms with Crippen molar-refractivity contribution in [1.82, 2.24) is 19.8 Å². The van der Waals surface area contributed by atoms with E-state index in [0.717, 1.165) is 31.5 Å². The SMILES string of the molecule is CC(C)c1nnc2sc(-c3ccc(N)c(Br)c3)nn12. The number of halogens is 1. The molecular weight excluding hydrogens is 326 g/mol. The van der Waals surface area contributed by atoms with E-state index in [4.69, 9.17) is 5.73 Å². The molecule has 0 aliphatic carbocycles. The van der Waals surface area contributed by atoms with Gasteiger partial charge in [-0.1, -0.05) is 25.2 Å². The Kier molecular flexibility index (Phi) is 3.02. The summed E-state index contributed by atoms with van der Waals surface area (Å²) in [5, 5.41) is 13.8. The van der Waals surface area contributed by atoms with Gasteiger partial charge in [-0.25, -0.2) is 0 Å². The second kappa shape index (κ2) is 4.57.